The number of benzene rings is 3. The number of amides is 1. The first-order valence-electron chi connectivity index (χ1n) is 10.7. The van der Waals surface area contributed by atoms with Gasteiger partial charge in [-0.1, -0.05) is 70.7 Å². The second kappa shape index (κ2) is 10.4. The molecule has 5 aromatic rings. The lowest BCUT2D eigenvalue weighted by Gasteiger charge is -2.17. The molecule has 0 radical (unpaired) electrons. The second-order valence-electron chi connectivity index (χ2n) is 7.93. The summed E-state index contributed by atoms with van der Waals surface area (Å²) in [5.41, 5.74) is 3.26. The Morgan fingerprint density at radius 3 is 2.25 bits per heavy atom. The topological polar surface area (TPSA) is 96.5 Å². The van der Waals surface area contributed by atoms with Crippen molar-refractivity contribution in [3.05, 3.63) is 104 Å². The van der Waals surface area contributed by atoms with Gasteiger partial charge in [0.2, 0.25) is 0 Å². The summed E-state index contributed by atoms with van der Waals surface area (Å²) in [6.07, 6.45) is 0.402. The van der Waals surface area contributed by atoms with E-state index in [9.17, 15) is 4.79 Å². The zero-order valence-corrected chi connectivity index (χ0v) is 21.4. The highest BCUT2D eigenvalue weighted by molar-refractivity contribution is 6.40. The van der Waals surface area contributed by atoms with Crippen molar-refractivity contribution in [1.29, 1.82) is 0 Å². The third kappa shape index (κ3) is 5.01. The lowest BCUT2D eigenvalue weighted by molar-refractivity contribution is 0.0935. The maximum atomic E-state index is 13.0. The lowest BCUT2D eigenvalue weighted by atomic mass is 10.0. The quantitative estimate of drug-likeness (QED) is 0.241. The fraction of sp³-hybridized carbons (Fsp3) is 0.0800. The normalized spacial score (nSPS) is 12.0. The number of halogens is 4. The van der Waals surface area contributed by atoms with Crippen LogP contribution in [0.3, 0.4) is 0 Å². The van der Waals surface area contributed by atoms with Crippen LogP contribution in [-0.2, 0) is 6.42 Å². The number of hydrogen-bond donors (Lipinski definition) is 2. The van der Waals surface area contributed by atoms with E-state index in [0.29, 0.717) is 33.5 Å². The monoisotopic (exact) mass is 556 g/mol. The maximum absolute atomic E-state index is 13.0. The number of carbonyl (C=O) groups is 1. The molecule has 1 atom stereocenters. The van der Waals surface area contributed by atoms with Crippen molar-refractivity contribution < 1.29 is 4.79 Å². The van der Waals surface area contributed by atoms with Gasteiger partial charge in [0.15, 0.2) is 5.82 Å². The van der Waals surface area contributed by atoms with E-state index < -0.39 is 11.9 Å². The van der Waals surface area contributed by atoms with Gasteiger partial charge in [-0.2, -0.15) is 0 Å². The molecule has 1 unspecified atom stereocenters. The molecule has 0 saturated carbocycles. The van der Waals surface area contributed by atoms with Crippen LogP contribution in [0.2, 0.25) is 20.1 Å². The molecule has 0 aliphatic rings. The van der Waals surface area contributed by atoms with Crippen LogP contribution in [-0.4, -0.2) is 31.5 Å². The molecule has 2 aromatic heterocycles. The number of hydrogen-bond acceptors (Lipinski definition) is 5. The van der Waals surface area contributed by atoms with Crippen LogP contribution in [0.15, 0.2) is 66.7 Å². The highest BCUT2D eigenvalue weighted by Crippen LogP contribution is 2.34. The molecule has 0 bridgehead atoms. The molecule has 0 fully saturated rings. The highest BCUT2D eigenvalue weighted by atomic mass is 35.5. The van der Waals surface area contributed by atoms with Crippen molar-refractivity contribution in [1.82, 2.24) is 30.9 Å². The molecule has 0 aliphatic heterocycles. The van der Waals surface area contributed by atoms with Crippen LogP contribution in [0.25, 0.3) is 22.2 Å². The summed E-state index contributed by atoms with van der Waals surface area (Å²) < 4.78 is 0. The Labute approximate surface area is 225 Å². The second-order valence-corrected chi connectivity index (χ2v) is 9.56. The van der Waals surface area contributed by atoms with E-state index in [2.05, 4.69) is 25.9 Å². The molecule has 5 rings (SSSR count). The number of carbonyl (C=O) groups excluding carboxylic acids is 1. The minimum Gasteiger partial charge on any atom is -0.342 e. The Hall–Kier alpha value is -3.23. The van der Waals surface area contributed by atoms with Gasteiger partial charge >= 0.3 is 0 Å². The number of pyridine rings is 1. The number of aromatic amines is 1. The van der Waals surface area contributed by atoms with E-state index in [4.69, 9.17) is 51.4 Å². The Bertz CT molecular complexity index is 1530. The molecule has 2 heterocycles. The van der Waals surface area contributed by atoms with Gasteiger partial charge in [-0.05, 0) is 58.5 Å². The number of fused-ring (bicyclic) bond motifs is 1. The largest absolute Gasteiger partial charge is 0.342 e. The van der Waals surface area contributed by atoms with Gasteiger partial charge < -0.3 is 5.32 Å². The summed E-state index contributed by atoms with van der Waals surface area (Å²) in [7, 11) is 0. The number of H-pyrrole nitrogens is 1. The Morgan fingerprint density at radius 2 is 1.58 bits per heavy atom. The molecule has 180 valence electrons. The van der Waals surface area contributed by atoms with Crippen LogP contribution in [0, 0.1) is 0 Å². The van der Waals surface area contributed by atoms with E-state index in [1.165, 1.54) is 0 Å². The first-order valence-corrected chi connectivity index (χ1v) is 12.2. The zero-order chi connectivity index (χ0) is 25.2. The Balaban J connectivity index is 1.44. The smallest absolute Gasteiger partial charge is 0.254 e. The first kappa shape index (κ1) is 24.5. The van der Waals surface area contributed by atoms with Crippen LogP contribution in [0.5, 0.6) is 0 Å². The SMILES string of the molecule is O=C(NC(Cc1ccc2nc(-c3c(Cl)cccc3Cl)ccc2c1)c1nnn[nH]1)c1c(Cl)cccc1Cl. The van der Waals surface area contributed by atoms with Crippen molar-refractivity contribution >= 4 is 63.2 Å². The van der Waals surface area contributed by atoms with E-state index in [1.54, 1.807) is 36.4 Å². The maximum Gasteiger partial charge on any atom is 0.254 e. The predicted octanol–water partition coefficient (Wildman–Crippen LogP) is 6.74. The standard InChI is InChI=1S/C25H16Cl4N6O/c26-15-3-1-4-16(27)22(15)20-10-8-14-11-13(7-9-19(14)30-20)12-21(24-32-34-35-33-24)31-25(36)23-17(28)5-2-6-18(23)29/h1-11,21H,12H2,(H,31,36)(H,32,33,34,35). The molecule has 0 spiro atoms. The summed E-state index contributed by atoms with van der Waals surface area (Å²) in [6.45, 7) is 0. The van der Waals surface area contributed by atoms with Gasteiger partial charge in [-0.3, -0.25) is 4.79 Å². The third-order valence-corrected chi connectivity index (χ3v) is 6.86. The zero-order valence-electron chi connectivity index (χ0n) is 18.3. The molecule has 3 aromatic carbocycles. The fourth-order valence-corrected chi connectivity index (χ4v) is 5.05. The van der Waals surface area contributed by atoms with Crippen LogP contribution in [0.4, 0.5) is 0 Å². The molecule has 36 heavy (non-hydrogen) atoms. The molecular formula is C25H16Cl4N6O. The molecule has 0 saturated heterocycles. The third-order valence-electron chi connectivity index (χ3n) is 5.60. The molecule has 11 heteroatoms. The van der Waals surface area contributed by atoms with E-state index in [0.717, 1.165) is 16.5 Å². The summed E-state index contributed by atoms with van der Waals surface area (Å²) >= 11 is 25.2. The Kier molecular flexibility index (Phi) is 7.07. The van der Waals surface area contributed by atoms with E-state index in [-0.39, 0.29) is 15.6 Å². The number of tetrazole rings is 1. The number of rotatable bonds is 6. The summed E-state index contributed by atoms with van der Waals surface area (Å²) in [5.74, 6) is -0.0378. The highest BCUT2D eigenvalue weighted by Gasteiger charge is 2.23. The number of nitrogens with one attached hydrogen (secondary N) is 2. The van der Waals surface area contributed by atoms with E-state index >= 15 is 0 Å². The average Bonchev–Trinajstić information content (AvgIpc) is 3.38. The van der Waals surface area contributed by atoms with Crippen LogP contribution < -0.4 is 5.32 Å². The molecule has 7 nitrogen and oxygen atoms in total. The van der Waals surface area contributed by atoms with Crippen molar-refractivity contribution in [2.24, 2.45) is 0 Å². The summed E-state index contributed by atoms with van der Waals surface area (Å²) in [5, 5.41) is 19.4. The van der Waals surface area contributed by atoms with Gasteiger partial charge in [0, 0.05) is 17.4 Å². The van der Waals surface area contributed by atoms with Gasteiger partial charge in [0.25, 0.3) is 5.91 Å². The van der Waals surface area contributed by atoms with Crippen molar-refractivity contribution in [3.8, 4) is 11.3 Å². The Morgan fingerprint density at radius 1 is 0.889 bits per heavy atom. The predicted molar refractivity (Wildman–Crippen MR) is 142 cm³/mol. The van der Waals surface area contributed by atoms with Gasteiger partial charge in [-0.15, -0.1) is 5.10 Å². The van der Waals surface area contributed by atoms with Gasteiger partial charge in [0.05, 0.1) is 42.9 Å². The van der Waals surface area contributed by atoms with Gasteiger partial charge in [-0.25, -0.2) is 10.1 Å². The molecule has 2 N–H and O–H groups in total. The minimum absolute atomic E-state index is 0.187. The first-order chi connectivity index (χ1) is 17.4. The molecular weight excluding hydrogens is 542 g/mol. The van der Waals surface area contributed by atoms with E-state index in [1.807, 2.05) is 30.3 Å². The summed E-state index contributed by atoms with van der Waals surface area (Å²) in [4.78, 5) is 17.8. The fourth-order valence-electron chi connectivity index (χ4n) is 3.89. The van der Waals surface area contributed by atoms with Crippen molar-refractivity contribution in [2.75, 3.05) is 0 Å². The molecule has 0 aliphatic carbocycles. The minimum atomic E-state index is -0.563. The number of aromatic nitrogens is 5. The van der Waals surface area contributed by atoms with Crippen LogP contribution >= 0.6 is 46.4 Å². The molecule has 1 amide bonds. The number of nitrogens with zero attached hydrogens (tertiary/aromatic N) is 4. The van der Waals surface area contributed by atoms with Crippen molar-refractivity contribution in [2.45, 2.75) is 12.5 Å². The average molecular weight is 558 g/mol. The van der Waals surface area contributed by atoms with Crippen molar-refractivity contribution in [3.63, 3.8) is 0 Å². The summed E-state index contributed by atoms with van der Waals surface area (Å²) in [6, 6.07) is 19.3. The van der Waals surface area contributed by atoms with Crippen LogP contribution in [0.1, 0.15) is 27.8 Å². The van der Waals surface area contributed by atoms with Gasteiger partial charge in [0.1, 0.15) is 0 Å². The lowest BCUT2D eigenvalue weighted by Crippen LogP contribution is -2.31.